The molecule has 4 nitrogen and oxygen atoms in total. The highest BCUT2D eigenvalue weighted by molar-refractivity contribution is 5.94. The molecule has 4 heteroatoms. The quantitative estimate of drug-likeness (QED) is 0.867. The molecule has 2 bridgehead atoms. The highest BCUT2D eigenvalue weighted by atomic mass is 16.1. The molecule has 3 unspecified atom stereocenters. The molecule has 0 saturated heterocycles. The Kier molecular flexibility index (Phi) is 3.90. The molecule has 1 amide bonds. The lowest BCUT2D eigenvalue weighted by molar-refractivity contribution is 0.0941. The van der Waals surface area contributed by atoms with Crippen molar-refractivity contribution in [2.75, 3.05) is 18.4 Å². The zero-order valence-corrected chi connectivity index (χ0v) is 12.1. The van der Waals surface area contributed by atoms with Crippen molar-refractivity contribution in [3.63, 3.8) is 0 Å². The third-order valence-corrected chi connectivity index (χ3v) is 4.79. The van der Waals surface area contributed by atoms with Gasteiger partial charge in [0, 0.05) is 19.3 Å². The first kappa shape index (κ1) is 13.4. The largest absolute Gasteiger partial charge is 0.370 e. The molecule has 108 valence electrons. The molecule has 0 spiro atoms. The fourth-order valence-electron chi connectivity index (χ4n) is 3.77. The van der Waals surface area contributed by atoms with E-state index in [2.05, 4.69) is 15.6 Å². The second-order valence-electron chi connectivity index (χ2n) is 6.11. The van der Waals surface area contributed by atoms with E-state index in [1.165, 1.54) is 25.7 Å². The number of anilines is 1. The highest BCUT2D eigenvalue weighted by Gasteiger charge is 2.39. The van der Waals surface area contributed by atoms with E-state index in [9.17, 15) is 4.79 Å². The van der Waals surface area contributed by atoms with E-state index < -0.39 is 0 Å². The lowest BCUT2D eigenvalue weighted by atomic mass is 9.89. The molecule has 1 aromatic heterocycles. The SMILES string of the molecule is CCNc1ccc(C(=O)NCC2CC3CCC2C3)cn1. The van der Waals surface area contributed by atoms with E-state index in [0.29, 0.717) is 11.5 Å². The van der Waals surface area contributed by atoms with E-state index in [0.717, 1.165) is 30.7 Å². The molecule has 3 rings (SSSR count). The van der Waals surface area contributed by atoms with Crippen molar-refractivity contribution in [2.24, 2.45) is 17.8 Å². The first-order valence-electron chi connectivity index (χ1n) is 7.74. The summed E-state index contributed by atoms with van der Waals surface area (Å²) in [5, 5.41) is 6.20. The zero-order valence-electron chi connectivity index (χ0n) is 12.1. The topological polar surface area (TPSA) is 54.0 Å². The van der Waals surface area contributed by atoms with Gasteiger partial charge in [-0.1, -0.05) is 6.42 Å². The third-order valence-electron chi connectivity index (χ3n) is 4.79. The molecule has 0 aromatic carbocycles. The molecular weight excluding hydrogens is 250 g/mol. The minimum absolute atomic E-state index is 0.00308. The summed E-state index contributed by atoms with van der Waals surface area (Å²) < 4.78 is 0. The van der Waals surface area contributed by atoms with Crippen LogP contribution in [0.5, 0.6) is 0 Å². The number of aromatic nitrogens is 1. The van der Waals surface area contributed by atoms with E-state index in [1.807, 2.05) is 19.1 Å². The van der Waals surface area contributed by atoms with Crippen LogP contribution in [-0.2, 0) is 0 Å². The number of fused-ring (bicyclic) bond motifs is 2. The molecule has 2 saturated carbocycles. The number of nitrogens with one attached hydrogen (secondary N) is 2. The average molecular weight is 273 g/mol. The Hall–Kier alpha value is -1.58. The number of amides is 1. The maximum Gasteiger partial charge on any atom is 0.252 e. The summed E-state index contributed by atoms with van der Waals surface area (Å²) in [5.74, 6) is 3.31. The number of hydrogen-bond acceptors (Lipinski definition) is 3. The van der Waals surface area contributed by atoms with Gasteiger partial charge in [0.2, 0.25) is 0 Å². The van der Waals surface area contributed by atoms with Crippen molar-refractivity contribution in [3.05, 3.63) is 23.9 Å². The van der Waals surface area contributed by atoms with E-state index in [1.54, 1.807) is 6.20 Å². The van der Waals surface area contributed by atoms with Gasteiger partial charge in [-0.15, -0.1) is 0 Å². The van der Waals surface area contributed by atoms with Crippen LogP contribution < -0.4 is 10.6 Å². The molecule has 0 radical (unpaired) electrons. The molecule has 2 fully saturated rings. The van der Waals surface area contributed by atoms with E-state index in [-0.39, 0.29) is 5.91 Å². The van der Waals surface area contributed by atoms with Gasteiger partial charge in [-0.2, -0.15) is 0 Å². The number of carbonyl (C=O) groups excluding carboxylic acids is 1. The van der Waals surface area contributed by atoms with Crippen LogP contribution in [0.3, 0.4) is 0 Å². The molecular formula is C16H23N3O. The van der Waals surface area contributed by atoms with Crippen molar-refractivity contribution >= 4 is 11.7 Å². The summed E-state index contributed by atoms with van der Waals surface area (Å²) in [6.07, 6.45) is 7.12. The summed E-state index contributed by atoms with van der Waals surface area (Å²) in [5.41, 5.74) is 0.648. The van der Waals surface area contributed by atoms with Gasteiger partial charge in [0.1, 0.15) is 5.82 Å². The summed E-state index contributed by atoms with van der Waals surface area (Å²) in [4.78, 5) is 16.3. The fraction of sp³-hybridized carbons (Fsp3) is 0.625. The lowest BCUT2D eigenvalue weighted by Gasteiger charge is -2.21. The number of nitrogens with zero attached hydrogens (tertiary/aromatic N) is 1. The monoisotopic (exact) mass is 273 g/mol. The predicted molar refractivity (Wildman–Crippen MR) is 79.7 cm³/mol. The maximum absolute atomic E-state index is 12.1. The average Bonchev–Trinajstić information content (AvgIpc) is 3.08. The maximum atomic E-state index is 12.1. The van der Waals surface area contributed by atoms with Crippen LogP contribution in [0.15, 0.2) is 18.3 Å². The predicted octanol–water partition coefficient (Wildman–Crippen LogP) is 2.68. The van der Waals surface area contributed by atoms with E-state index in [4.69, 9.17) is 0 Å². The normalized spacial score (nSPS) is 27.6. The van der Waals surface area contributed by atoms with Crippen LogP contribution in [-0.4, -0.2) is 24.0 Å². The second-order valence-corrected chi connectivity index (χ2v) is 6.11. The van der Waals surface area contributed by atoms with Crippen LogP contribution >= 0.6 is 0 Å². The van der Waals surface area contributed by atoms with Crippen LogP contribution in [0.25, 0.3) is 0 Å². The minimum Gasteiger partial charge on any atom is -0.370 e. The minimum atomic E-state index is 0.00308. The molecule has 20 heavy (non-hydrogen) atoms. The summed E-state index contributed by atoms with van der Waals surface area (Å²) in [6.45, 7) is 3.69. The molecule has 0 aliphatic heterocycles. The molecule has 2 N–H and O–H groups in total. The van der Waals surface area contributed by atoms with Gasteiger partial charge in [0.25, 0.3) is 5.91 Å². The summed E-state index contributed by atoms with van der Waals surface area (Å²) in [6, 6.07) is 3.69. The molecule has 1 aromatic rings. The van der Waals surface area contributed by atoms with Gasteiger partial charge in [0.05, 0.1) is 5.56 Å². The van der Waals surface area contributed by atoms with Gasteiger partial charge in [0.15, 0.2) is 0 Å². The van der Waals surface area contributed by atoms with Gasteiger partial charge in [-0.3, -0.25) is 4.79 Å². The molecule has 2 aliphatic carbocycles. The van der Waals surface area contributed by atoms with Crippen molar-refractivity contribution in [2.45, 2.75) is 32.6 Å². The second kappa shape index (κ2) is 5.81. The summed E-state index contributed by atoms with van der Waals surface area (Å²) >= 11 is 0. The standard InChI is InChI=1S/C16H23N3O/c1-2-17-15-6-5-13(9-18-15)16(20)19-10-14-8-11-3-4-12(14)7-11/h5-6,9,11-12,14H,2-4,7-8,10H2,1H3,(H,17,18)(H,19,20). The fourth-order valence-corrected chi connectivity index (χ4v) is 3.77. The zero-order chi connectivity index (χ0) is 13.9. The van der Waals surface area contributed by atoms with Crippen molar-refractivity contribution in [3.8, 4) is 0 Å². The Morgan fingerprint density at radius 2 is 2.25 bits per heavy atom. The number of carbonyl (C=O) groups is 1. The molecule has 3 atom stereocenters. The van der Waals surface area contributed by atoms with Crippen LogP contribution in [0.1, 0.15) is 43.0 Å². The first-order valence-corrected chi connectivity index (χ1v) is 7.74. The van der Waals surface area contributed by atoms with Gasteiger partial charge >= 0.3 is 0 Å². The Labute approximate surface area is 120 Å². The van der Waals surface area contributed by atoms with Crippen LogP contribution in [0.2, 0.25) is 0 Å². The van der Waals surface area contributed by atoms with Crippen molar-refractivity contribution in [1.29, 1.82) is 0 Å². The Bertz CT molecular complexity index is 471. The van der Waals surface area contributed by atoms with Crippen LogP contribution in [0, 0.1) is 17.8 Å². The van der Waals surface area contributed by atoms with Crippen molar-refractivity contribution in [1.82, 2.24) is 10.3 Å². The number of pyridine rings is 1. The Balaban J connectivity index is 1.51. The van der Waals surface area contributed by atoms with Gasteiger partial charge < -0.3 is 10.6 Å². The first-order chi connectivity index (χ1) is 9.76. The smallest absolute Gasteiger partial charge is 0.252 e. The number of rotatable bonds is 5. The summed E-state index contributed by atoms with van der Waals surface area (Å²) in [7, 11) is 0. The van der Waals surface area contributed by atoms with Gasteiger partial charge in [-0.25, -0.2) is 4.98 Å². The Morgan fingerprint density at radius 1 is 1.35 bits per heavy atom. The lowest BCUT2D eigenvalue weighted by Crippen LogP contribution is -2.31. The molecule has 1 heterocycles. The third kappa shape index (κ3) is 2.79. The van der Waals surface area contributed by atoms with Crippen molar-refractivity contribution < 1.29 is 4.79 Å². The molecule has 2 aliphatic rings. The van der Waals surface area contributed by atoms with Gasteiger partial charge in [-0.05, 0) is 56.1 Å². The van der Waals surface area contributed by atoms with Crippen LogP contribution in [0.4, 0.5) is 5.82 Å². The number of hydrogen-bond donors (Lipinski definition) is 2. The van der Waals surface area contributed by atoms with E-state index >= 15 is 0 Å². The Morgan fingerprint density at radius 3 is 2.85 bits per heavy atom. The highest BCUT2D eigenvalue weighted by Crippen LogP contribution is 2.47.